The lowest BCUT2D eigenvalue weighted by Crippen LogP contribution is -2.19. The summed E-state index contributed by atoms with van der Waals surface area (Å²) in [6.45, 7) is 9.05. The van der Waals surface area contributed by atoms with Crippen molar-refractivity contribution >= 4 is 5.82 Å². The minimum Gasteiger partial charge on any atom is -0.355 e. The molecule has 1 N–H and O–H groups in total. The average Bonchev–Trinajstić information content (AvgIpc) is 2.48. The predicted molar refractivity (Wildman–Crippen MR) is 89.6 cm³/mol. The molecule has 0 spiro atoms. The van der Waals surface area contributed by atoms with Crippen LogP contribution >= 0.6 is 0 Å². The Hall–Kier alpha value is -1.87. The van der Waals surface area contributed by atoms with Crippen molar-refractivity contribution in [3.05, 3.63) is 58.8 Å². The van der Waals surface area contributed by atoms with Gasteiger partial charge in [-0.15, -0.1) is 0 Å². The van der Waals surface area contributed by atoms with E-state index in [0.29, 0.717) is 0 Å². The molecule has 0 saturated heterocycles. The molecular formula is C18H25N3. The molecule has 112 valence electrons. The third kappa shape index (κ3) is 4.30. The molecule has 0 atom stereocenters. The monoisotopic (exact) mass is 283 g/mol. The highest BCUT2D eigenvalue weighted by molar-refractivity contribution is 5.42. The number of nitrogens with one attached hydrogen (secondary N) is 1. The molecule has 1 aromatic carbocycles. The topological polar surface area (TPSA) is 28.2 Å². The van der Waals surface area contributed by atoms with Gasteiger partial charge < -0.3 is 10.2 Å². The minimum atomic E-state index is 0.874. The Morgan fingerprint density at radius 3 is 2.38 bits per heavy atom. The largest absolute Gasteiger partial charge is 0.355 e. The Labute approximate surface area is 128 Å². The fourth-order valence-electron chi connectivity index (χ4n) is 2.28. The zero-order valence-electron chi connectivity index (χ0n) is 13.5. The highest BCUT2D eigenvalue weighted by Crippen LogP contribution is 2.16. The van der Waals surface area contributed by atoms with Gasteiger partial charge in [-0.05, 0) is 37.6 Å². The SMILES string of the molecule is CCNCc1ccc(N(C)Cc2ccc(C)cc2)nc1C. The van der Waals surface area contributed by atoms with Crippen molar-refractivity contribution in [2.45, 2.75) is 33.9 Å². The molecule has 1 heterocycles. The van der Waals surface area contributed by atoms with Crippen LogP contribution in [0.3, 0.4) is 0 Å². The Bertz CT molecular complexity index is 576. The van der Waals surface area contributed by atoms with Crippen LogP contribution in [0.25, 0.3) is 0 Å². The Balaban J connectivity index is 2.06. The zero-order valence-corrected chi connectivity index (χ0v) is 13.5. The van der Waals surface area contributed by atoms with Gasteiger partial charge in [0.05, 0.1) is 0 Å². The maximum absolute atomic E-state index is 4.73. The van der Waals surface area contributed by atoms with Crippen LogP contribution in [0.5, 0.6) is 0 Å². The first kappa shape index (κ1) is 15.5. The molecule has 3 nitrogen and oxygen atoms in total. The van der Waals surface area contributed by atoms with E-state index >= 15 is 0 Å². The van der Waals surface area contributed by atoms with Crippen LogP contribution in [0.15, 0.2) is 36.4 Å². The first-order chi connectivity index (χ1) is 10.1. The van der Waals surface area contributed by atoms with Crippen molar-refractivity contribution in [1.82, 2.24) is 10.3 Å². The highest BCUT2D eigenvalue weighted by atomic mass is 15.2. The first-order valence-corrected chi connectivity index (χ1v) is 7.54. The van der Waals surface area contributed by atoms with E-state index in [2.05, 4.69) is 74.4 Å². The average molecular weight is 283 g/mol. The van der Waals surface area contributed by atoms with Crippen LogP contribution in [0.4, 0.5) is 5.82 Å². The van der Waals surface area contributed by atoms with E-state index in [1.54, 1.807) is 0 Å². The number of pyridine rings is 1. The Kier molecular flexibility index (Phi) is 5.34. The van der Waals surface area contributed by atoms with Gasteiger partial charge in [0.2, 0.25) is 0 Å². The molecule has 0 aliphatic heterocycles. The number of anilines is 1. The minimum absolute atomic E-state index is 0.874. The first-order valence-electron chi connectivity index (χ1n) is 7.54. The predicted octanol–water partition coefficient (Wildman–Crippen LogP) is 3.44. The quantitative estimate of drug-likeness (QED) is 0.880. The van der Waals surface area contributed by atoms with Crippen LogP contribution < -0.4 is 10.2 Å². The van der Waals surface area contributed by atoms with Crippen molar-refractivity contribution in [2.24, 2.45) is 0 Å². The molecule has 0 bridgehead atoms. The third-order valence-electron chi connectivity index (χ3n) is 3.68. The van der Waals surface area contributed by atoms with Gasteiger partial charge in [-0.3, -0.25) is 0 Å². The van der Waals surface area contributed by atoms with Crippen LogP contribution in [0.2, 0.25) is 0 Å². The van der Waals surface area contributed by atoms with Gasteiger partial charge in [-0.25, -0.2) is 4.98 Å². The molecule has 1 aromatic heterocycles. The molecule has 0 aliphatic rings. The Morgan fingerprint density at radius 1 is 1.05 bits per heavy atom. The van der Waals surface area contributed by atoms with Crippen molar-refractivity contribution in [1.29, 1.82) is 0 Å². The van der Waals surface area contributed by atoms with Gasteiger partial charge in [0.15, 0.2) is 0 Å². The number of aryl methyl sites for hydroxylation is 2. The summed E-state index contributed by atoms with van der Waals surface area (Å²) < 4.78 is 0. The van der Waals surface area contributed by atoms with E-state index in [4.69, 9.17) is 4.98 Å². The summed E-state index contributed by atoms with van der Waals surface area (Å²) in [7, 11) is 2.09. The molecule has 2 aromatic rings. The van der Waals surface area contributed by atoms with Gasteiger partial charge in [-0.2, -0.15) is 0 Å². The van der Waals surface area contributed by atoms with E-state index in [1.165, 1.54) is 16.7 Å². The van der Waals surface area contributed by atoms with Crippen molar-refractivity contribution in [3.63, 3.8) is 0 Å². The molecular weight excluding hydrogens is 258 g/mol. The van der Waals surface area contributed by atoms with Crippen molar-refractivity contribution in [3.8, 4) is 0 Å². The highest BCUT2D eigenvalue weighted by Gasteiger charge is 2.06. The Morgan fingerprint density at radius 2 is 1.76 bits per heavy atom. The molecule has 3 heteroatoms. The smallest absolute Gasteiger partial charge is 0.128 e. The van der Waals surface area contributed by atoms with E-state index in [9.17, 15) is 0 Å². The molecule has 0 aliphatic carbocycles. The number of hydrogen-bond acceptors (Lipinski definition) is 3. The maximum atomic E-state index is 4.73. The van der Waals surface area contributed by atoms with E-state index in [0.717, 1.165) is 31.1 Å². The fraction of sp³-hybridized carbons (Fsp3) is 0.389. The van der Waals surface area contributed by atoms with Gasteiger partial charge >= 0.3 is 0 Å². The molecule has 2 rings (SSSR count). The number of hydrogen-bond donors (Lipinski definition) is 1. The van der Waals surface area contributed by atoms with Crippen molar-refractivity contribution in [2.75, 3.05) is 18.5 Å². The number of aromatic nitrogens is 1. The summed E-state index contributed by atoms with van der Waals surface area (Å²) in [5.41, 5.74) is 4.97. The maximum Gasteiger partial charge on any atom is 0.128 e. The van der Waals surface area contributed by atoms with E-state index in [-0.39, 0.29) is 0 Å². The van der Waals surface area contributed by atoms with Crippen LogP contribution in [0.1, 0.15) is 29.3 Å². The van der Waals surface area contributed by atoms with Crippen molar-refractivity contribution < 1.29 is 0 Å². The van der Waals surface area contributed by atoms with Crippen LogP contribution in [0, 0.1) is 13.8 Å². The molecule has 0 radical (unpaired) electrons. The molecule has 0 saturated carbocycles. The second kappa shape index (κ2) is 7.23. The second-order valence-corrected chi connectivity index (χ2v) is 5.54. The lowest BCUT2D eigenvalue weighted by atomic mass is 10.1. The summed E-state index contributed by atoms with van der Waals surface area (Å²) in [5, 5.41) is 3.35. The normalized spacial score (nSPS) is 10.7. The molecule has 0 unspecified atom stereocenters. The van der Waals surface area contributed by atoms with E-state index < -0.39 is 0 Å². The summed E-state index contributed by atoms with van der Waals surface area (Å²) >= 11 is 0. The lowest BCUT2D eigenvalue weighted by molar-refractivity contribution is 0.719. The molecule has 21 heavy (non-hydrogen) atoms. The summed E-state index contributed by atoms with van der Waals surface area (Å²) in [6.07, 6.45) is 0. The summed E-state index contributed by atoms with van der Waals surface area (Å²) in [4.78, 5) is 6.91. The van der Waals surface area contributed by atoms with Crippen LogP contribution in [-0.2, 0) is 13.1 Å². The molecule has 0 amide bonds. The van der Waals surface area contributed by atoms with Gasteiger partial charge in [-0.1, -0.05) is 42.8 Å². The number of rotatable bonds is 6. The third-order valence-corrected chi connectivity index (χ3v) is 3.68. The van der Waals surface area contributed by atoms with E-state index in [1.807, 2.05) is 0 Å². The molecule has 0 fully saturated rings. The second-order valence-electron chi connectivity index (χ2n) is 5.54. The summed E-state index contributed by atoms with van der Waals surface area (Å²) in [5.74, 6) is 1.02. The van der Waals surface area contributed by atoms with Gasteiger partial charge in [0.1, 0.15) is 5.82 Å². The van der Waals surface area contributed by atoms with Gasteiger partial charge in [0, 0.05) is 25.8 Å². The van der Waals surface area contributed by atoms with Gasteiger partial charge in [0.25, 0.3) is 0 Å². The number of nitrogens with zero attached hydrogens (tertiary/aromatic N) is 2. The lowest BCUT2D eigenvalue weighted by Gasteiger charge is -2.19. The number of benzene rings is 1. The fourth-order valence-corrected chi connectivity index (χ4v) is 2.28. The van der Waals surface area contributed by atoms with Crippen LogP contribution in [-0.4, -0.2) is 18.6 Å². The zero-order chi connectivity index (χ0) is 15.2. The summed E-state index contributed by atoms with van der Waals surface area (Å²) in [6, 6.07) is 12.9. The standard InChI is InChI=1S/C18H25N3/c1-5-19-12-17-10-11-18(20-15(17)3)21(4)13-16-8-6-14(2)7-9-16/h6-11,19H,5,12-13H2,1-4H3.